The molecule has 3 aromatic rings. The second-order valence-electron chi connectivity index (χ2n) is 6.49. The van der Waals surface area contributed by atoms with Gasteiger partial charge in [-0.2, -0.15) is 5.10 Å². The minimum absolute atomic E-state index is 0.178. The molecule has 7 nitrogen and oxygen atoms in total. The summed E-state index contributed by atoms with van der Waals surface area (Å²) < 4.78 is 12.0. The summed E-state index contributed by atoms with van der Waals surface area (Å²) >= 11 is 17.7. The Morgan fingerprint density at radius 3 is 2.39 bits per heavy atom. The normalized spacial score (nSPS) is 10.6. The van der Waals surface area contributed by atoms with Crippen molar-refractivity contribution in [1.29, 1.82) is 0 Å². The van der Waals surface area contributed by atoms with E-state index in [0.717, 1.165) is 11.4 Å². The number of aryl methyl sites for hydroxylation is 1. The van der Waals surface area contributed by atoms with Crippen molar-refractivity contribution in [2.24, 2.45) is 0 Å². The van der Waals surface area contributed by atoms with Crippen LogP contribution in [-0.4, -0.2) is 34.9 Å². The van der Waals surface area contributed by atoms with Crippen LogP contribution in [0, 0.1) is 13.8 Å². The number of carbonyl (C=O) groups excluding carboxylic acids is 2. The molecule has 0 radical (unpaired) electrons. The molecule has 10 heteroatoms. The van der Waals surface area contributed by atoms with Crippen molar-refractivity contribution in [2.45, 2.75) is 13.8 Å². The standard InChI is InChI=1S/C21H18Cl3N3O4/c1-12-21(13(2)27(26-12)14-6-4-3-5-7-14)25-19(28)10-31-20(29)11-30-18-9-16(23)15(22)8-17(18)24/h3-9H,10-11H2,1-2H3,(H,25,28). The van der Waals surface area contributed by atoms with Gasteiger partial charge in [-0.15, -0.1) is 0 Å². The molecule has 0 fully saturated rings. The highest BCUT2D eigenvalue weighted by molar-refractivity contribution is 6.43. The number of benzene rings is 2. The van der Waals surface area contributed by atoms with E-state index in [2.05, 4.69) is 10.4 Å². The second-order valence-corrected chi connectivity index (χ2v) is 7.71. The summed E-state index contributed by atoms with van der Waals surface area (Å²) in [6.45, 7) is 2.69. The molecular formula is C21H18Cl3N3O4. The minimum atomic E-state index is -0.745. The van der Waals surface area contributed by atoms with Crippen molar-refractivity contribution in [3.63, 3.8) is 0 Å². The van der Waals surface area contributed by atoms with Gasteiger partial charge in [-0.25, -0.2) is 9.48 Å². The van der Waals surface area contributed by atoms with E-state index in [1.165, 1.54) is 12.1 Å². The highest BCUT2D eigenvalue weighted by Crippen LogP contribution is 2.33. The largest absolute Gasteiger partial charge is 0.480 e. The first-order valence-electron chi connectivity index (χ1n) is 9.10. The summed E-state index contributed by atoms with van der Waals surface area (Å²) in [4.78, 5) is 24.2. The van der Waals surface area contributed by atoms with Crippen LogP contribution in [0.3, 0.4) is 0 Å². The molecule has 0 atom stereocenters. The maximum Gasteiger partial charge on any atom is 0.344 e. The number of halogens is 3. The smallest absolute Gasteiger partial charge is 0.344 e. The van der Waals surface area contributed by atoms with Gasteiger partial charge in [-0.3, -0.25) is 4.79 Å². The van der Waals surface area contributed by atoms with Crippen LogP contribution >= 0.6 is 34.8 Å². The predicted octanol–water partition coefficient (Wildman–Crippen LogP) is 5.01. The maximum absolute atomic E-state index is 12.3. The number of anilines is 1. The van der Waals surface area contributed by atoms with Gasteiger partial charge < -0.3 is 14.8 Å². The highest BCUT2D eigenvalue weighted by atomic mass is 35.5. The number of carbonyl (C=O) groups is 2. The van der Waals surface area contributed by atoms with Gasteiger partial charge in [0.15, 0.2) is 13.2 Å². The van der Waals surface area contributed by atoms with Gasteiger partial charge >= 0.3 is 5.97 Å². The molecule has 0 spiro atoms. The van der Waals surface area contributed by atoms with Gasteiger partial charge in [0, 0.05) is 6.07 Å². The third-order valence-corrected chi connectivity index (χ3v) is 5.26. The lowest BCUT2D eigenvalue weighted by atomic mass is 10.3. The number of para-hydroxylation sites is 1. The number of amides is 1. The van der Waals surface area contributed by atoms with E-state index in [1.54, 1.807) is 11.6 Å². The van der Waals surface area contributed by atoms with E-state index in [1.807, 2.05) is 37.3 Å². The first-order chi connectivity index (χ1) is 14.8. The second kappa shape index (κ2) is 10.0. The monoisotopic (exact) mass is 481 g/mol. The lowest BCUT2D eigenvalue weighted by molar-refractivity contribution is -0.149. The lowest BCUT2D eigenvalue weighted by Crippen LogP contribution is -2.24. The Kier molecular flexibility index (Phi) is 7.43. The van der Waals surface area contributed by atoms with Crippen LogP contribution in [0.15, 0.2) is 42.5 Å². The van der Waals surface area contributed by atoms with Crippen molar-refractivity contribution < 1.29 is 19.1 Å². The summed E-state index contributed by atoms with van der Waals surface area (Å²) in [6, 6.07) is 12.3. The van der Waals surface area contributed by atoms with Crippen molar-refractivity contribution in [1.82, 2.24) is 9.78 Å². The first-order valence-corrected chi connectivity index (χ1v) is 10.2. The van der Waals surface area contributed by atoms with Crippen LogP contribution in [0.1, 0.15) is 11.4 Å². The molecule has 1 N–H and O–H groups in total. The van der Waals surface area contributed by atoms with Gasteiger partial charge in [0.1, 0.15) is 5.75 Å². The molecule has 0 saturated heterocycles. The fourth-order valence-corrected chi connectivity index (χ4v) is 3.35. The molecule has 0 saturated carbocycles. The number of esters is 1. The van der Waals surface area contributed by atoms with Crippen LogP contribution in [0.25, 0.3) is 5.69 Å². The van der Waals surface area contributed by atoms with Crippen LogP contribution < -0.4 is 10.1 Å². The quantitative estimate of drug-likeness (QED) is 0.378. The van der Waals surface area contributed by atoms with E-state index in [-0.39, 0.29) is 20.8 Å². The van der Waals surface area contributed by atoms with Gasteiger partial charge in [0.2, 0.25) is 0 Å². The summed E-state index contributed by atoms with van der Waals surface area (Å²) in [5, 5.41) is 7.87. The molecule has 0 unspecified atom stereocenters. The van der Waals surface area contributed by atoms with Gasteiger partial charge in [0.25, 0.3) is 5.91 Å². The van der Waals surface area contributed by atoms with E-state index in [4.69, 9.17) is 44.3 Å². The van der Waals surface area contributed by atoms with Crippen LogP contribution in [0.5, 0.6) is 5.75 Å². The molecule has 0 aliphatic heterocycles. The zero-order valence-corrected chi connectivity index (χ0v) is 18.9. The Bertz CT molecular complexity index is 1120. The molecule has 3 rings (SSSR count). The first kappa shape index (κ1) is 22.9. The average Bonchev–Trinajstić information content (AvgIpc) is 3.02. The van der Waals surface area contributed by atoms with Gasteiger partial charge in [-0.1, -0.05) is 53.0 Å². The zero-order chi connectivity index (χ0) is 22.5. The van der Waals surface area contributed by atoms with Crippen molar-refractivity contribution in [3.8, 4) is 11.4 Å². The maximum atomic E-state index is 12.3. The molecule has 162 valence electrons. The molecule has 1 aromatic heterocycles. The number of nitrogens with zero attached hydrogens (tertiary/aromatic N) is 2. The predicted molar refractivity (Wildman–Crippen MR) is 120 cm³/mol. The van der Waals surface area contributed by atoms with Crippen molar-refractivity contribution >= 4 is 52.4 Å². The third-order valence-electron chi connectivity index (χ3n) is 4.24. The topological polar surface area (TPSA) is 82.5 Å². The van der Waals surface area contributed by atoms with E-state index in [0.29, 0.717) is 11.4 Å². The Morgan fingerprint density at radius 1 is 1.00 bits per heavy atom. The van der Waals surface area contributed by atoms with Gasteiger partial charge in [-0.05, 0) is 32.0 Å². The number of rotatable bonds is 7. The molecule has 2 aromatic carbocycles. The Hall–Kier alpha value is -2.74. The number of ether oxygens (including phenoxy) is 2. The molecule has 1 heterocycles. The molecular weight excluding hydrogens is 465 g/mol. The molecule has 0 bridgehead atoms. The lowest BCUT2D eigenvalue weighted by Gasteiger charge is -2.10. The Balaban J connectivity index is 1.54. The van der Waals surface area contributed by atoms with Crippen LogP contribution in [0.4, 0.5) is 5.69 Å². The summed E-state index contributed by atoms with van der Waals surface area (Å²) in [6.07, 6.45) is 0. The van der Waals surface area contributed by atoms with Crippen LogP contribution in [-0.2, 0) is 14.3 Å². The average molecular weight is 483 g/mol. The van der Waals surface area contributed by atoms with E-state index < -0.39 is 25.1 Å². The SMILES string of the molecule is Cc1nn(-c2ccccc2)c(C)c1NC(=O)COC(=O)COc1cc(Cl)c(Cl)cc1Cl. The fraction of sp³-hybridized carbons (Fsp3) is 0.190. The minimum Gasteiger partial charge on any atom is -0.480 e. The Morgan fingerprint density at radius 2 is 1.68 bits per heavy atom. The Labute approximate surface area is 193 Å². The van der Waals surface area contributed by atoms with Crippen molar-refractivity contribution in [2.75, 3.05) is 18.5 Å². The number of nitrogens with one attached hydrogen (secondary N) is 1. The summed E-state index contributed by atoms with van der Waals surface area (Å²) in [7, 11) is 0. The number of hydrogen-bond acceptors (Lipinski definition) is 5. The molecule has 1 amide bonds. The summed E-state index contributed by atoms with van der Waals surface area (Å²) in [5.74, 6) is -1.07. The number of hydrogen-bond donors (Lipinski definition) is 1. The number of aromatic nitrogens is 2. The molecule has 0 aliphatic carbocycles. The zero-order valence-electron chi connectivity index (χ0n) is 16.6. The van der Waals surface area contributed by atoms with Crippen LogP contribution in [0.2, 0.25) is 15.1 Å². The van der Waals surface area contributed by atoms with E-state index >= 15 is 0 Å². The summed E-state index contributed by atoms with van der Waals surface area (Å²) in [5.41, 5.74) is 2.82. The highest BCUT2D eigenvalue weighted by Gasteiger charge is 2.17. The molecule has 0 aliphatic rings. The van der Waals surface area contributed by atoms with Gasteiger partial charge in [0.05, 0.1) is 37.8 Å². The molecule has 31 heavy (non-hydrogen) atoms. The van der Waals surface area contributed by atoms with E-state index in [9.17, 15) is 9.59 Å². The van der Waals surface area contributed by atoms with Crippen molar-refractivity contribution in [3.05, 3.63) is 68.9 Å². The fourth-order valence-electron chi connectivity index (χ4n) is 2.76. The third kappa shape index (κ3) is 5.70.